The Labute approximate surface area is 109 Å². The van der Waals surface area contributed by atoms with Gasteiger partial charge in [0.2, 0.25) is 5.89 Å². The van der Waals surface area contributed by atoms with E-state index in [-0.39, 0.29) is 0 Å². The smallest absolute Gasteiger partial charge is 0.214 e. The number of oxazole rings is 1. The number of aromatic nitrogens is 3. The van der Waals surface area contributed by atoms with Gasteiger partial charge in [0, 0.05) is 0 Å². The van der Waals surface area contributed by atoms with Crippen molar-refractivity contribution in [2.75, 3.05) is 0 Å². The second-order valence-electron chi connectivity index (χ2n) is 4.35. The lowest BCUT2D eigenvalue weighted by molar-refractivity contribution is 0.459. The molecular weight excluding hydrogens is 246 g/mol. The van der Waals surface area contributed by atoms with Crippen molar-refractivity contribution in [1.29, 1.82) is 0 Å². The maximum atomic E-state index is 5.50. The van der Waals surface area contributed by atoms with Crippen LogP contribution in [0.1, 0.15) is 17.2 Å². The number of hydrogen-bond donors (Lipinski definition) is 1. The van der Waals surface area contributed by atoms with E-state index in [1.165, 1.54) is 5.56 Å². The molecular formula is C13H13N3OS. The van der Waals surface area contributed by atoms with Gasteiger partial charge in [0.05, 0.1) is 17.2 Å². The molecule has 0 unspecified atom stereocenters. The number of para-hydroxylation sites is 1. The highest BCUT2D eigenvalue weighted by atomic mass is 32.1. The van der Waals surface area contributed by atoms with Crippen LogP contribution in [0.4, 0.5) is 0 Å². The summed E-state index contributed by atoms with van der Waals surface area (Å²) in [5, 5.41) is 0. The maximum absolute atomic E-state index is 5.50. The average Bonchev–Trinajstić information content (AvgIpc) is 2.87. The Balaban J connectivity index is 2.14. The molecule has 5 heteroatoms. The SMILES string of the molecule is Cc1cnc(Cn2c(=S)[nH]c3c(C)cccc32)o1. The quantitative estimate of drug-likeness (QED) is 0.718. The zero-order valence-electron chi connectivity index (χ0n) is 10.2. The van der Waals surface area contributed by atoms with Crippen LogP contribution in [-0.2, 0) is 6.54 Å². The predicted molar refractivity (Wildman–Crippen MR) is 72.2 cm³/mol. The third-order valence-corrected chi connectivity index (χ3v) is 3.30. The highest BCUT2D eigenvalue weighted by Crippen LogP contribution is 2.19. The molecule has 18 heavy (non-hydrogen) atoms. The summed E-state index contributed by atoms with van der Waals surface area (Å²) in [6, 6.07) is 6.13. The van der Waals surface area contributed by atoms with Crippen molar-refractivity contribution in [3.05, 3.63) is 46.4 Å². The van der Waals surface area contributed by atoms with Crippen molar-refractivity contribution in [2.24, 2.45) is 0 Å². The van der Waals surface area contributed by atoms with E-state index in [4.69, 9.17) is 16.6 Å². The van der Waals surface area contributed by atoms with Gasteiger partial charge in [-0.25, -0.2) is 4.98 Å². The molecule has 0 aliphatic carbocycles. The molecule has 0 fully saturated rings. The molecule has 0 amide bonds. The number of nitrogens with zero attached hydrogens (tertiary/aromatic N) is 2. The molecule has 0 bridgehead atoms. The predicted octanol–water partition coefficient (Wildman–Crippen LogP) is 3.35. The van der Waals surface area contributed by atoms with Crippen LogP contribution in [0.25, 0.3) is 11.0 Å². The lowest BCUT2D eigenvalue weighted by Gasteiger charge is -2.01. The zero-order valence-corrected chi connectivity index (χ0v) is 11.0. The average molecular weight is 259 g/mol. The van der Waals surface area contributed by atoms with E-state index in [2.05, 4.69) is 23.0 Å². The van der Waals surface area contributed by atoms with Gasteiger partial charge in [-0.05, 0) is 37.7 Å². The number of H-pyrrole nitrogens is 1. The van der Waals surface area contributed by atoms with Crippen LogP contribution in [-0.4, -0.2) is 14.5 Å². The van der Waals surface area contributed by atoms with Crippen LogP contribution in [0.15, 0.2) is 28.8 Å². The van der Waals surface area contributed by atoms with E-state index in [0.29, 0.717) is 17.2 Å². The van der Waals surface area contributed by atoms with Crippen molar-refractivity contribution >= 4 is 23.3 Å². The first-order valence-corrected chi connectivity index (χ1v) is 6.15. The summed E-state index contributed by atoms with van der Waals surface area (Å²) < 4.78 is 8.19. The van der Waals surface area contributed by atoms with Gasteiger partial charge in [0.1, 0.15) is 12.3 Å². The fourth-order valence-electron chi connectivity index (χ4n) is 2.09. The van der Waals surface area contributed by atoms with Crippen molar-refractivity contribution in [2.45, 2.75) is 20.4 Å². The number of nitrogens with one attached hydrogen (secondary N) is 1. The lowest BCUT2D eigenvalue weighted by Crippen LogP contribution is -1.99. The minimum atomic E-state index is 0.552. The van der Waals surface area contributed by atoms with E-state index in [9.17, 15) is 0 Å². The molecule has 0 saturated heterocycles. The van der Waals surface area contributed by atoms with Crippen molar-refractivity contribution < 1.29 is 4.42 Å². The maximum Gasteiger partial charge on any atom is 0.214 e. The standard InChI is InChI=1S/C13H13N3OS/c1-8-4-3-5-10-12(8)15-13(18)16(10)7-11-14-6-9(2)17-11/h3-6H,7H2,1-2H3,(H,15,18). The molecule has 0 atom stereocenters. The molecule has 1 aromatic carbocycles. The van der Waals surface area contributed by atoms with Gasteiger partial charge < -0.3 is 14.0 Å². The van der Waals surface area contributed by atoms with Gasteiger partial charge in [-0.1, -0.05) is 12.1 Å². The number of hydrogen-bond acceptors (Lipinski definition) is 3. The summed E-state index contributed by atoms with van der Waals surface area (Å²) in [7, 11) is 0. The minimum absolute atomic E-state index is 0.552. The molecule has 3 rings (SSSR count). The molecule has 4 nitrogen and oxygen atoms in total. The highest BCUT2D eigenvalue weighted by Gasteiger charge is 2.09. The summed E-state index contributed by atoms with van der Waals surface area (Å²) in [6.07, 6.45) is 1.72. The normalized spacial score (nSPS) is 11.2. The number of rotatable bonds is 2. The van der Waals surface area contributed by atoms with Crippen molar-refractivity contribution in [1.82, 2.24) is 14.5 Å². The lowest BCUT2D eigenvalue weighted by atomic mass is 10.2. The van der Waals surface area contributed by atoms with E-state index >= 15 is 0 Å². The van der Waals surface area contributed by atoms with Gasteiger partial charge in [0.15, 0.2) is 4.77 Å². The first-order valence-electron chi connectivity index (χ1n) is 5.74. The van der Waals surface area contributed by atoms with Gasteiger partial charge in [-0.15, -0.1) is 0 Å². The first kappa shape index (κ1) is 11.2. The van der Waals surface area contributed by atoms with E-state index in [0.717, 1.165) is 16.8 Å². The summed E-state index contributed by atoms with van der Waals surface area (Å²) >= 11 is 5.36. The monoisotopic (exact) mass is 259 g/mol. The van der Waals surface area contributed by atoms with Crippen LogP contribution in [0, 0.1) is 18.6 Å². The van der Waals surface area contributed by atoms with Gasteiger partial charge in [0.25, 0.3) is 0 Å². The molecule has 0 radical (unpaired) electrons. The second-order valence-corrected chi connectivity index (χ2v) is 4.74. The van der Waals surface area contributed by atoms with Crippen molar-refractivity contribution in [3.63, 3.8) is 0 Å². The molecule has 0 aliphatic heterocycles. The molecule has 0 aliphatic rings. The molecule has 1 N–H and O–H groups in total. The van der Waals surface area contributed by atoms with Gasteiger partial charge in [-0.3, -0.25) is 0 Å². The Kier molecular flexibility index (Phi) is 2.56. The fourth-order valence-corrected chi connectivity index (χ4v) is 2.36. The number of imidazole rings is 1. The van der Waals surface area contributed by atoms with Crippen LogP contribution in [0.3, 0.4) is 0 Å². The third kappa shape index (κ3) is 1.76. The number of fused-ring (bicyclic) bond motifs is 1. The van der Waals surface area contributed by atoms with Gasteiger partial charge >= 0.3 is 0 Å². The molecule has 2 heterocycles. The Morgan fingerprint density at radius 3 is 2.94 bits per heavy atom. The molecule has 2 aromatic heterocycles. The highest BCUT2D eigenvalue weighted by molar-refractivity contribution is 7.71. The van der Waals surface area contributed by atoms with Crippen LogP contribution >= 0.6 is 12.2 Å². The summed E-state index contributed by atoms with van der Waals surface area (Å²) in [6.45, 7) is 4.50. The zero-order chi connectivity index (χ0) is 12.7. The number of aryl methyl sites for hydroxylation is 2. The molecule has 0 saturated carbocycles. The molecule has 0 spiro atoms. The number of benzene rings is 1. The Morgan fingerprint density at radius 1 is 1.39 bits per heavy atom. The summed E-state index contributed by atoms with van der Waals surface area (Å²) in [5.41, 5.74) is 3.34. The van der Waals surface area contributed by atoms with Crippen LogP contribution < -0.4 is 0 Å². The van der Waals surface area contributed by atoms with E-state index in [1.807, 2.05) is 23.6 Å². The summed E-state index contributed by atoms with van der Waals surface area (Å²) in [4.78, 5) is 7.44. The van der Waals surface area contributed by atoms with Crippen LogP contribution in [0.5, 0.6) is 0 Å². The van der Waals surface area contributed by atoms with Gasteiger partial charge in [-0.2, -0.15) is 0 Å². The fraction of sp³-hybridized carbons (Fsp3) is 0.231. The third-order valence-electron chi connectivity index (χ3n) is 2.98. The Morgan fingerprint density at radius 2 is 2.22 bits per heavy atom. The summed E-state index contributed by atoms with van der Waals surface area (Å²) in [5.74, 6) is 1.48. The number of aromatic amines is 1. The minimum Gasteiger partial charge on any atom is -0.444 e. The second kappa shape index (κ2) is 4.10. The van der Waals surface area contributed by atoms with Crippen LogP contribution in [0.2, 0.25) is 0 Å². The first-order chi connectivity index (χ1) is 8.65. The topological polar surface area (TPSA) is 46.8 Å². The largest absolute Gasteiger partial charge is 0.444 e. The van der Waals surface area contributed by atoms with E-state index < -0.39 is 0 Å². The van der Waals surface area contributed by atoms with E-state index in [1.54, 1.807) is 6.20 Å². The van der Waals surface area contributed by atoms with Crippen molar-refractivity contribution in [3.8, 4) is 0 Å². The Bertz CT molecular complexity index is 766. The Hall–Kier alpha value is -1.88. The molecule has 3 aromatic rings. The molecule has 92 valence electrons.